The summed E-state index contributed by atoms with van der Waals surface area (Å²) in [5.74, 6) is 0.128. The fraction of sp³-hybridized carbons (Fsp3) is 0.385. The first-order chi connectivity index (χ1) is 8.65. The highest BCUT2D eigenvalue weighted by molar-refractivity contribution is 6.00. The SMILES string of the molecule is N=C1c2cc(F)ccc2CN1C1CCC(=O)NC1. The molecule has 18 heavy (non-hydrogen) atoms. The summed E-state index contributed by atoms with van der Waals surface area (Å²) in [5.41, 5.74) is 1.66. The number of carbonyl (C=O) groups is 1. The Hall–Kier alpha value is -1.91. The van der Waals surface area contributed by atoms with Crippen LogP contribution in [0.1, 0.15) is 24.0 Å². The van der Waals surface area contributed by atoms with E-state index < -0.39 is 0 Å². The molecule has 2 heterocycles. The summed E-state index contributed by atoms with van der Waals surface area (Å²) in [7, 11) is 0. The van der Waals surface area contributed by atoms with Crippen molar-refractivity contribution in [3.05, 3.63) is 35.1 Å². The first-order valence-electron chi connectivity index (χ1n) is 6.06. The van der Waals surface area contributed by atoms with Crippen LogP contribution in [-0.2, 0) is 11.3 Å². The highest BCUT2D eigenvalue weighted by atomic mass is 19.1. The van der Waals surface area contributed by atoms with Crippen LogP contribution in [0.2, 0.25) is 0 Å². The summed E-state index contributed by atoms with van der Waals surface area (Å²) < 4.78 is 13.2. The quantitative estimate of drug-likeness (QED) is 0.784. The van der Waals surface area contributed by atoms with Gasteiger partial charge >= 0.3 is 0 Å². The number of fused-ring (bicyclic) bond motifs is 1. The Morgan fingerprint density at radius 2 is 2.28 bits per heavy atom. The molecule has 0 radical (unpaired) electrons. The van der Waals surface area contributed by atoms with Crippen LogP contribution in [0, 0.1) is 11.2 Å². The van der Waals surface area contributed by atoms with Crippen LogP contribution in [0.3, 0.4) is 0 Å². The number of carbonyl (C=O) groups excluding carboxylic acids is 1. The average Bonchev–Trinajstić information content (AvgIpc) is 2.68. The summed E-state index contributed by atoms with van der Waals surface area (Å²) in [5, 5.41) is 10.9. The van der Waals surface area contributed by atoms with Gasteiger partial charge in [-0.05, 0) is 24.1 Å². The van der Waals surface area contributed by atoms with Gasteiger partial charge in [0.1, 0.15) is 11.7 Å². The Morgan fingerprint density at radius 3 is 3.00 bits per heavy atom. The van der Waals surface area contributed by atoms with E-state index in [4.69, 9.17) is 5.41 Å². The van der Waals surface area contributed by atoms with E-state index in [-0.39, 0.29) is 17.8 Å². The molecule has 2 aliphatic rings. The van der Waals surface area contributed by atoms with Gasteiger partial charge in [0, 0.05) is 31.1 Å². The zero-order valence-electron chi connectivity index (χ0n) is 9.87. The third kappa shape index (κ3) is 1.75. The van der Waals surface area contributed by atoms with Crippen molar-refractivity contribution < 1.29 is 9.18 Å². The molecular formula is C13H14FN3O. The molecule has 1 amide bonds. The lowest BCUT2D eigenvalue weighted by molar-refractivity contribution is -0.123. The molecule has 0 bridgehead atoms. The second-order valence-electron chi connectivity index (χ2n) is 4.77. The van der Waals surface area contributed by atoms with E-state index in [9.17, 15) is 9.18 Å². The second-order valence-corrected chi connectivity index (χ2v) is 4.77. The van der Waals surface area contributed by atoms with E-state index in [1.54, 1.807) is 6.07 Å². The van der Waals surface area contributed by atoms with E-state index in [0.29, 0.717) is 30.9 Å². The van der Waals surface area contributed by atoms with Crippen molar-refractivity contribution in [3.63, 3.8) is 0 Å². The van der Waals surface area contributed by atoms with Crippen molar-refractivity contribution in [2.75, 3.05) is 6.54 Å². The maximum absolute atomic E-state index is 13.2. The molecule has 2 N–H and O–H groups in total. The molecule has 94 valence electrons. The smallest absolute Gasteiger partial charge is 0.220 e. The van der Waals surface area contributed by atoms with Crippen LogP contribution in [0.15, 0.2) is 18.2 Å². The zero-order chi connectivity index (χ0) is 12.7. The van der Waals surface area contributed by atoms with Crippen LogP contribution in [0.4, 0.5) is 4.39 Å². The monoisotopic (exact) mass is 247 g/mol. The molecule has 5 heteroatoms. The van der Waals surface area contributed by atoms with E-state index >= 15 is 0 Å². The van der Waals surface area contributed by atoms with Crippen LogP contribution in [0.5, 0.6) is 0 Å². The Balaban J connectivity index is 1.82. The van der Waals surface area contributed by atoms with Crippen molar-refractivity contribution in [2.24, 2.45) is 0 Å². The van der Waals surface area contributed by atoms with Crippen molar-refractivity contribution >= 4 is 11.7 Å². The highest BCUT2D eigenvalue weighted by Gasteiger charge is 2.32. The Labute approximate surface area is 104 Å². The maximum Gasteiger partial charge on any atom is 0.220 e. The minimum absolute atomic E-state index is 0.0699. The molecule has 0 spiro atoms. The molecule has 2 aliphatic heterocycles. The number of hydrogen-bond donors (Lipinski definition) is 2. The molecule has 1 aromatic rings. The summed E-state index contributed by atoms with van der Waals surface area (Å²) in [6, 6.07) is 4.73. The Bertz CT molecular complexity index is 519. The van der Waals surface area contributed by atoms with Crippen molar-refractivity contribution in [2.45, 2.75) is 25.4 Å². The molecule has 0 aliphatic carbocycles. The summed E-state index contributed by atoms with van der Waals surface area (Å²) in [6.07, 6.45) is 1.25. The van der Waals surface area contributed by atoms with Crippen LogP contribution in [-0.4, -0.2) is 29.2 Å². The molecule has 3 rings (SSSR count). The largest absolute Gasteiger partial charge is 0.354 e. The molecule has 0 aromatic heterocycles. The van der Waals surface area contributed by atoms with Gasteiger partial charge in [0.2, 0.25) is 5.91 Å². The van der Waals surface area contributed by atoms with Gasteiger partial charge in [-0.1, -0.05) is 6.07 Å². The van der Waals surface area contributed by atoms with Gasteiger partial charge in [-0.2, -0.15) is 0 Å². The average molecular weight is 247 g/mol. The van der Waals surface area contributed by atoms with Gasteiger partial charge in [0.05, 0.1) is 0 Å². The molecule has 1 saturated heterocycles. The predicted octanol–water partition coefficient (Wildman–Crippen LogP) is 1.25. The third-order valence-corrected chi connectivity index (χ3v) is 3.64. The summed E-state index contributed by atoms with van der Waals surface area (Å²) in [4.78, 5) is 13.1. The molecular weight excluding hydrogens is 233 g/mol. The first kappa shape index (κ1) is 11.2. The topological polar surface area (TPSA) is 56.2 Å². The van der Waals surface area contributed by atoms with Gasteiger partial charge < -0.3 is 10.2 Å². The third-order valence-electron chi connectivity index (χ3n) is 3.64. The van der Waals surface area contributed by atoms with E-state index in [1.165, 1.54) is 12.1 Å². The molecule has 1 fully saturated rings. The van der Waals surface area contributed by atoms with Gasteiger partial charge in [-0.15, -0.1) is 0 Å². The van der Waals surface area contributed by atoms with Gasteiger partial charge in [-0.25, -0.2) is 4.39 Å². The fourth-order valence-corrected chi connectivity index (χ4v) is 2.62. The number of amidine groups is 1. The number of benzene rings is 1. The van der Waals surface area contributed by atoms with Crippen LogP contribution >= 0.6 is 0 Å². The number of amides is 1. The molecule has 1 atom stereocenters. The number of hydrogen-bond acceptors (Lipinski definition) is 2. The van der Waals surface area contributed by atoms with Gasteiger partial charge in [0.25, 0.3) is 0 Å². The van der Waals surface area contributed by atoms with E-state index in [1.807, 2.05) is 4.90 Å². The number of piperidine rings is 1. The number of halogens is 1. The standard InChI is InChI=1S/C13H14FN3O/c14-9-2-1-8-7-17(13(15)11(8)5-9)10-3-4-12(18)16-6-10/h1-2,5,10,15H,3-4,6-7H2,(H,16,18). The minimum Gasteiger partial charge on any atom is -0.354 e. The molecule has 1 unspecified atom stereocenters. The normalized spacial score (nSPS) is 22.9. The van der Waals surface area contributed by atoms with Crippen molar-refractivity contribution in [1.29, 1.82) is 5.41 Å². The zero-order valence-corrected chi connectivity index (χ0v) is 9.87. The van der Waals surface area contributed by atoms with Crippen LogP contribution in [0.25, 0.3) is 0 Å². The van der Waals surface area contributed by atoms with Gasteiger partial charge in [-0.3, -0.25) is 10.2 Å². The summed E-state index contributed by atoms with van der Waals surface area (Å²) in [6.45, 7) is 1.20. The lowest BCUT2D eigenvalue weighted by Gasteiger charge is -2.32. The lowest BCUT2D eigenvalue weighted by atomic mass is 10.1. The van der Waals surface area contributed by atoms with Crippen molar-refractivity contribution in [3.8, 4) is 0 Å². The molecule has 4 nitrogen and oxygen atoms in total. The van der Waals surface area contributed by atoms with Gasteiger partial charge in [0.15, 0.2) is 0 Å². The second kappa shape index (κ2) is 4.08. The number of nitrogens with one attached hydrogen (secondary N) is 2. The first-order valence-corrected chi connectivity index (χ1v) is 6.06. The maximum atomic E-state index is 13.2. The van der Waals surface area contributed by atoms with E-state index in [0.717, 1.165) is 12.0 Å². The highest BCUT2D eigenvalue weighted by Crippen LogP contribution is 2.27. The van der Waals surface area contributed by atoms with Crippen molar-refractivity contribution in [1.82, 2.24) is 10.2 Å². The minimum atomic E-state index is -0.308. The molecule has 1 aromatic carbocycles. The van der Waals surface area contributed by atoms with E-state index in [2.05, 4.69) is 5.32 Å². The molecule has 0 saturated carbocycles. The Morgan fingerprint density at radius 1 is 1.44 bits per heavy atom. The Kier molecular flexibility index (Phi) is 2.54. The number of nitrogens with zero attached hydrogens (tertiary/aromatic N) is 1. The summed E-state index contributed by atoms with van der Waals surface area (Å²) >= 11 is 0. The van der Waals surface area contributed by atoms with Crippen LogP contribution < -0.4 is 5.32 Å². The predicted molar refractivity (Wildman–Crippen MR) is 64.8 cm³/mol. The fourth-order valence-electron chi connectivity index (χ4n) is 2.62. The lowest BCUT2D eigenvalue weighted by Crippen LogP contribution is -2.48. The number of rotatable bonds is 1.